The Kier molecular flexibility index (Phi) is 10.5. The van der Waals surface area contributed by atoms with Gasteiger partial charge in [-0.1, -0.05) is 62.2 Å². The molecule has 3 heterocycles. The summed E-state index contributed by atoms with van der Waals surface area (Å²) in [5, 5.41) is 0.101. The first-order valence-corrected chi connectivity index (χ1v) is 19.2. The van der Waals surface area contributed by atoms with E-state index in [9.17, 15) is 18.0 Å². The molecule has 11 heteroatoms. The lowest BCUT2D eigenvalue weighted by Crippen LogP contribution is -2.63. The number of halogens is 2. The smallest absolute Gasteiger partial charge is 0.410 e. The van der Waals surface area contributed by atoms with Crippen molar-refractivity contribution in [1.29, 1.82) is 0 Å². The average molecular weight is 671 g/mol. The minimum absolute atomic E-state index is 0.00403. The van der Waals surface area contributed by atoms with Gasteiger partial charge in [-0.25, -0.2) is 13.2 Å². The predicted octanol–water partition coefficient (Wildman–Crippen LogP) is 7.07. The fraction of sp³-hybridized carbons (Fsp3) is 0.758. The number of carbonyl (C=O) groups excluding carboxylic acids is 2. The van der Waals surface area contributed by atoms with E-state index in [4.69, 9.17) is 27.9 Å². The van der Waals surface area contributed by atoms with Crippen molar-refractivity contribution < 1.29 is 22.7 Å². The molecule has 2 amide bonds. The van der Waals surface area contributed by atoms with E-state index in [0.29, 0.717) is 24.9 Å². The Labute approximate surface area is 273 Å². The Balaban J connectivity index is 1.20. The van der Waals surface area contributed by atoms with Crippen LogP contribution in [0.25, 0.3) is 0 Å². The maximum Gasteiger partial charge on any atom is 0.410 e. The first-order chi connectivity index (χ1) is 20.8. The number of likely N-dealkylation sites (tertiary alicyclic amines) is 2. The van der Waals surface area contributed by atoms with Crippen molar-refractivity contribution in [2.24, 2.45) is 11.8 Å². The van der Waals surface area contributed by atoms with Crippen LogP contribution in [-0.2, 0) is 14.6 Å². The number of unbranched alkanes of at least 4 members (excludes halogenated alkanes) is 1. The molecule has 246 valence electrons. The molecule has 1 spiro atoms. The van der Waals surface area contributed by atoms with Crippen molar-refractivity contribution in [3.63, 3.8) is 0 Å². The molecule has 0 bridgehead atoms. The fourth-order valence-electron chi connectivity index (χ4n) is 8.03. The molecule has 4 fully saturated rings. The van der Waals surface area contributed by atoms with Gasteiger partial charge in [0.25, 0.3) is 5.91 Å². The van der Waals surface area contributed by atoms with Gasteiger partial charge in [0.1, 0.15) is 5.60 Å². The van der Waals surface area contributed by atoms with Crippen LogP contribution < -0.4 is 0 Å². The van der Waals surface area contributed by atoms with Gasteiger partial charge in [0, 0.05) is 69.8 Å². The van der Waals surface area contributed by atoms with Gasteiger partial charge in [-0.15, -0.1) is 0 Å². The summed E-state index contributed by atoms with van der Waals surface area (Å²) < 4.78 is 30.4. The van der Waals surface area contributed by atoms with Crippen LogP contribution in [0.5, 0.6) is 0 Å². The number of nitrogens with zero attached hydrogens (tertiary/aromatic N) is 3. The van der Waals surface area contributed by atoms with Crippen molar-refractivity contribution in [2.75, 3.05) is 45.5 Å². The molecule has 4 aliphatic rings. The SMILES string of the molecule is CCCCC1CN(CC2CCCCC2)C(=O)OC12CCN(C1(C)CCN(C(=O)c3c(Cl)cc(S(C)(=O)=O)cc3Cl)CC1)CC2. The van der Waals surface area contributed by atoms with E-state index in [-0.39, 0.29) is 43.6 Å². The zero-order valence-corrected chi connectivity index (χ0v) is 28.9. The Morgan fingerprint density at radius 3 is 2.18 bits per heavy atom. The summed E-state index contributed by atoms with van der Waals surface area (Å²) in [5.74, 6) is 0.697. The highest BCUT2D eigenvalue weighted by Crippen LogP contribution is 2.44. The Hall–Kier alpha value is -1.55. The summed E-state index contributed by atoms with van der Waals surface area (Å²) in [4.78, 5) is 33.1. The molecular formula is C33H49Cl2N3O5S. The maximum atomic E-state index is 13.4. The van der Waals surface area contributed by atoms with E-state index in [0.717, 1.165) is 77.4 Å². The number of piperidine rings is 2. The van der Waals surface area contributed by atoms with Crippen LogP contribution in [0.15, 0.2) is 17.0 Å². The summed E-state index contributed by atoms with van der Waals surface area (Å²) in [7, 11) is -3.50. The molecule has 0 aromatic heterocycles. The van der Waals surface area contributed by atoms with Crippen molar-refractivity contribution in [1.82, 2.24) is 14.7 Å². The van der Waals surface area contributed by atoms with Gasteiger partial charge in [-0.3, -0.25) is 9.69 Å². The lowest BCUT2D eigenvalue weighted by molar-refractivity contribution is -0.134. The molecule has 3 aliphatic heterocycles. The minimum Gasteiger partial charge on any atom is -0.442 e. The molecule has 3 saturated heterocycles. The Morgan fingerprint density at radius 1 is 1.00 bits per heavy atom. The molecular weight excluding hydrogens is 621 g/mol. The maximum absolute atomic E-state index is 13.4. The van der Waals surface area contributed by atoms with Crippen LogP contribution in [0.1, 0.15) is 101 Å². The summed E-state index contributed by atoms with van der Waals surface area (Å²) in [6, 6.07) is 2.60. The molecule has 0 radical (unpaired) electrons. The number of hydrogen-bond donors (Lipinski definition) is 0. The number of hydrogen-bond acceptors (Lipinski definition) is 6. The van der Waals surface area contributed by atoms with Crippen LogP contribution in [-0.4, -0.2) is 91.8 Å². The highest BCUT2D eigenvalue weighted by Gasteiger charge is 2.51. The Morgan fingerprint density at radius 2 is 1.61 bits per heavy atom. The quantitative estimate of drug-likeness (QED) is 0.294. The van der Waals surface area contributed by atoms with Crippen molar-refractivity contribution in [3.05, 3.63) is 27.7 Å². The number of rotatable bonds is 8. The van der Waals surface area contributed by atoms with Gasteiger partial charge >= 0.3 is 6.09 Å². The largest absolute Gasteiger partial charge is 0.442 e. The second-order valence-electron chi connectivity index (χ2n) is 14.0. The third-order valence-electron chi connectivity index (χ3n) is 11.0. The lowest BCUT2D eigenvalue weighted by atomic mass is 9.74. The first-order valence-electron chi connectivity index (χ1n) is 16.6. The fourth-order valence-corrected chi connectivity index (χ4v) is 9.48. The van der Waals surface area contributed by atoms with E-state index in [2.05, 4.69) is 18.7 Å². The number of ether oxygens (including phenoxy) is 1. The van der Waals surface area contributed by atoms with E-state index in [1.165, 1.54) is 44.2 Å². The lowest BCUT2D eigenvalue weighted by Gasteiger charge is -2.55. The zero-order valence-electron chi connectivity index (χ0n) is 26.6. The summed E-state index contributed by atoms with van der Waals surface area (Å²) in [5.41, 5.74) is -0.305. The summed E-state index contributed by atoms with van der Waals surface area (Å²) in [6.07, 6.45) is 14.0. The number of benzene rings is 1. The van der Waals surface area contributed by atoms with Crippen LogP contribution in [0.2, 0.25) is 10.0 Å². The van der Waals surface area contributed by atoms with Crippen LogP contribution >= 0.6 is 23.2 Å². The van der Waals surface area contributed by atoms with Gasteiger partial charge in [-0.05, 0) is 57.1 Å². The van der Waals surface area contributed by atoms with E-state index in [1.54, 1.807) is 4.90 Å². The first kappa shape index (κ1) is 33.8. The highest BCUT2D eigenvalue weighted by molar-refractivity contribution is 7.90. The summed E-state index contributed by atoms with van der Waals surface area (Å²) >= 11 is 12.7. The van der Waals surface area contributed by atoms with Crippen LogP contribution in [0.3, 0.4) is 0 Å². The molecule has 0 N–H and O–H groups in total. The molecule has 44 heavy (non-hydrogen) atoms. The molecule has 1 atom stereocenters. The number of sulfone groups is 1. The average Bonchev–Trinajstić information content (AvgIpc) is 2.98. The molecule has 1 saturated carbocycles. The van der Waals surface area contributed by atoms with Gasteiger partial charge < -0.3 is 14.5 Å². The molecule has 8 nitrogen and oxygen atoms in total. The van der Waals surface area contributed by atoms with E-state index < -0.39 is 9.84 Å². The van der Waals surface area contributed by atoms with Crippen LogP contribution in [0, 0.1) is 11.8 Å². The van der Waals surface area contributed by atoms with E-state index >= 15 is 0 Å². The number of amides is 2. The third kappa shape index (κ3) is 7.21. The van der Waals surface area contributed by atoms with Crippen molar-refractivity contribution >= 4 is 45.0 Å². The van der Waals surface area contributed by atoms with Crippen molar-refractivity contribution in [3.8, 4) is 0 Å². The third-order valence-corrected chi connectivity index (χ3v) is 12.7. The van der Waals surface area contributed by atoms with Gasteiger partial charge in [0.2, 0.25) is 0 Å². The Bertz CT molecular complexity index is 1290. The predicted molar refractivity (Wildman–Crippen MR) is 174 cm³/mol. The van der Waals surface area contributed by atoms with E-state index in [1.807, 2.05) is 4.90 Å². The second kappa shape index (κ2) is 13.7. The molecule has 1 unspecified atom stereocenters. The van der Waals surface area contributed by atoms with Gasteiger partial charge in [0.15, 0.2) is 9.84 Å². The second-order valence-corrected chi connectivity index (χ2v) is 16.8. The molecule has 1 aromatic carbocycles. The topological polar surface area (TPSA) is 87.2 Å². The minimum atomic E-state index is -3.50. The van der Waals surface area contributed by atoms with Crippen LogP contribution in [0.4, 0.5) is 4.79 Å². The normalized spacial score (nSPS) is 24.8. The molecule has 1 aromatic rings. The zero-order chi connectivity index (χ0) is 31.7. The summed E-state index contributed by atoms with van der Waals surface area (Å²) in [6.45, 7) is 9.02. The monoisotopic (exact) mass is 669 g/mol. The molecule has 5 rings (SSSR count). The van der Waals surface area contributed by atoms with Gasteiger partial charge in [-0.2, -0.15) is 0 Å². The highest BCUT2D eigenvalue weighted by atomic mass is 35.5. The molecule has 1 aliphatic carbocycles. The van der Waals surface area contributed by atoms with Gasteiger partial charge in [0.05, 0.1) is 20.5 Å². The standard InChI is InChI=1S/C33H49Cl2N3O5S/c1-4-5-11-25-23-37(22-24-9-7-6-8-10-24)31(40)43-33(25)14-18-38(19-15-33)32(2)12-16-36(17-13-32)30(39)29-27(34)20-26(21-28(29)35)44(3,41)42/h20-21,24-25H,4-19,22-23H2,1-3H3. The number of carbonyl (C=O) groups is 2. The van der Waals surface area contributed by atoms with Crippen molar-refractivity contribution in [2.45, 2.75) is 107 Å².